The van der Waals surface area contributed by atoms with E-state index >= 15 is 0 Å². The van der Waals surface area contributed by atoms with E-state index < -0.39 is 0 Å². The number of phenolic OH excluding ortho intramolecular Hbond substituents is 1. The Morgan fingerprint density at radius 3 is 2.75 bits per heavy atom. The molecule has 2 aromatic heterocycles. The maximum Gasteiger partial charge on any atom is 0.251 e. The Bertz CT molecular complexity index is 878. The van der Waals surface area contributed by atoms with Gasteiger partial charge in [0.2, 0.25) is 0 Å². The Morgan fingerprint density at radius 2 is 2.08 bits per heavy atom. The number of hydrogen-bond acceptors (Lipinski definition) is 5. The van der Waals surface area contributed by atoms with Gasteiger partial charge in [-0.2, -0.15) is 0 Å². The molecule has 0 saturated heterocycles. The standard InChI is InChI=1S/C17H14ClN3O2S/c1-10-7-21-17(24-10)12-4-11(5-15(22)6-12)16(23)20-9-14-3-2-13(18)8-19-14/h2-8,22H,9H2,1H3,(H,20,23). The Morgan fingerprint density at radius 1 is 1.25 bits per heavy atom. The number of carbonyl (C=O) groups is 1. The summed E-state index contributed by atoms with van der Waals surface area (Å²) in [6.07, 6.45) is 3.29. The lowest BCUT2D eigenvalue weighted by atomic mass is 10.1. The fourth-order valence-corrected chi connectivity index (χ4v) is 3.00. The number of carbonyl (C=O) groups excluding carboxylic acids is 1. The molecule has 1 amide bonds. The molecule has 0 saturated carbocycles. The molecule has 0 atom stereocenters. The minimum Gasteiger partial charge on any atom is -0.508 e. The number of aryl methyl sites for hydroxylation is 1. The Labute approximate surface area is 148 Å². The first-order valence-electron chi connectivity index (χ1n) is 7.17. The number of aromatic nitrogens is 2. The van der Waals surface area contributed by atoms with E-state index in [0.717, 1.165) is 9.88 Å². The minimum atomic E-state index is -0.294. The third-order valence-corrected chi connectivity index (χ3v) is 4.45. The largest absolute Gasteiger partial charge is 0.508 e. The molecule has 24 heavy (non-hydrogen) atoms. The normalized spacial score (nSPS) is 10.6. The molecule has 2 N–H and O–H groups in total. The van der Waals surface area contributed by atoms with Crippen molar-refractivity contribution in [2.24, 2.45) is 0 Å². The lowest BCUT2D eigenvalue weighted by Gasteiger charge is -2.07. The molecule has 5 nitrogen and oxygen atoms in total. The van der Waals surface area contributed by atoms with E-state index in [1.165, 1.54) is 23.6 Å². The van der Waals surface area contributed by atoms with Gasteiger partial charge in [-0.3, -0.25) is 9.78 Å². The van der Waals surface area contributed by atoms with Crippen LogP contribution in [0.3, 0.4) is 0 Å². The van der Waals surface area contributed by atoms with Gasteiger partial charge in [0.25, 0.3) is 5.91 Å². The van der Waals surface area contributed by atoms with Gasteiger partial charge in [-0.1, -0.05) is 11.6 Å². The van der Waals surface area contributed by atoms with E-state index in [0.29, 0.717) is 21.8 Å². The molecule has 1 aromatic carbocycles. The summed E-state index contributed by atoms with van der Waals surface area (Å²) in [5, 5.41) is 14.0. The predicted octanol–water partition coefficient (Wildman–Crippen LogP) is 3.80. The highest BCUT2D eigenvalue weighted by atomic mass is 35.5. The predicted molar refractivity (Wildman–Crippen MR) is 94.4 cm³/mol. The second-order valence-corrected chi connectivity index (χ2v) is 6.87. The summed E-state index contributed by atoms with van der Waals surface area (Å²) in [7, 11) is 0. The average Bonchev–Trinajstić information content (AvgIpc) is 3.00. The highest BCUT2D eigenvalue weighted by molar-refractivity contribution is 7.14. The van der Waals surface area contributed by atoms with E-state index in [2.05, 4.69) is 15.3 Å². The van der Waals surface area contributed by atoms with Crippen molar-refractivity contribution in [2.45, 2.75) is 13.5 Å². The van der Waals surface area contributed by atoms with Crippen LogP contribution in [-0.4, -0.2) is 21.0 Å². The third kappa shape index (κ3) is 3.90. The summed E-state index contributed by atoms with van der Waals surface area (Å²) in [5.74, 6) is -0.271. The Kier molecular flexibility index (Phi) is 4.78. The maximum atomic E-state index is 12.3. The number of amides is 1. The number of nitrogens with zero attached hydrogens (tertiary/aromatic N) is 2. The molecule has 3 aromatic rings. The van der Waals surface area contributed by atoms with Crippen molar-refractivity contribution in [3.8, 4) is 16.3 Å². The van der Waals surface area contributed by atoms with Crippen LogP contribution >= 0.6 is 22.9 Å². The third-order valence-electron chi connectivity index (χ3n) is 3.27. The summed E-state index contributed by atoms with van der Waals surface area (Å²) in [6, 6.07) is 8.19. The smallest absolute Gasteiger partial charge is 0.251 e. The highest BCUT2D eigenvalue weighted by Gasteiger charge is 2.11. The number of thiazole rings is 1. The van der Waals surface area contributed by atoms with Crippen LogP contribution in [0.2, 0.25) is 5.02 Å². The van der Waals surface area contributed by atoms with Crippen molar-refractivity contribution in [1.29, 1.82) is 0 Å². The number of halogens is 1. The molecule has 0 aliphatic heterocycles. The maximum absolute atomic E-state index is 12.3. The number of hydrogen-bond donors (Lipinski definition) is 2. The van der Waals surface area contributed by atoms with Crippen molar-refractivity contribution in [3.63, 3.8) is 0 Å². The van der Waals surface area contributed by atoms with Gasteiger partial charge in [0.1, 0.15) is 10.8 Å². The molecule has 2 heterocycles. The molecule has 0 unspecified atom stereocenters. The number of pyridine rings is 1. The second kappa shape index (κ2) is 6.98. The molecular weight excluding hydrogens is 346 g/mol. The molecule has 0 fully saturated rings. The topological polar surface area (TPSA) is 75.1 Å². The lowest BCUT2D eigenvalue weighted by molar-refractivity contribution is 0.0950. The molecule has 0 radical (unpaired) electrons. The monoisotopic (exact) mass is 359 g/mol. The fourth-order valence-electron chi connectivity index (χ4n) is 2.14. The summed E-state index contributed by atoms with van der Waals surface area (Å²) < 4.78 is 0. The van der Waals surface area contributed by atoms with Crippen LogP contribution in [-0.2, 0) is 6.54 Å². The number of phenols is 1. The minimum absolute atomic E-state index is 0.0233. The summed E-state index contributed by atoms with van der Waals surface area (Å²) in [6.45, 7) is 2.23. The van der Waals surface area contributed by atoms with E-state index in [1.807, 2.05) is 6.92 Å². The number of rotatable bonds is 4. The fraction of sp³-hybridized carbons (Fsp3) is 0.118. The number of aromatic hydroxyl groups is 1. The van der Waals surface area contributed by atoms with Gasteiger partial charge in [-0.05, 0) is 37.3 Å². The summed E-state index contributed by atoms with van der Waals surface area (Å²) in [4.78, 5) is 21.8. The van der Waals surface area contributed by atoms with Crippen LogP contribution < -0.4 is 5.32 Å². The molecule has 122 valence electrons. The van der Waals surface area contributed by atoms with Crippen LogP contribution in [0.25, 0.3) is 10.6 Å². The Balaban J connectivity index is 1.77. The van der Waals surface area contributed by atoms with Crippen molar-refractivity contribution in [2.75, 3.05) is 0 Å². The zero-order chi connectivity index (χ0) is 17.1. The first-order valence-corrected chi connectivity index (χ1v) is 8.36. The van der Waals surface area contributed by atoms with Gasteiger partial charge < -0.3 is 10.4 Å². The average molecular weight is 360 g/mol. The zero-order valence-corrected chi connectivity index (χ0v) is 14.4. The van der Waals surface area contributed by atoms with Gasteiger partial charge in [0.05, 0.1) is 17.3 Å². The lowest BCUT2D eigenvalue weighted by Crippen LogP contribution is -2.23. The molecular formula is C17H14ClN3O2S. The van der Waals surface area contributed by atoms with Gasteiger partial charge in [0, 0.05) is 28.4 Å². The van der Waals surface area contributed by atoms with Crippen LogP contribution in [0.15, 0.2) is 42.7 Å². The first kappa shape index (κ1) is 16.4. The van der Waals surface area contributed by atoms with E-state index in [1.54, 1.807) is 30.5 Å². The first-order chi connectivity index (χ1) is 11.5. The van der Waals surface area contributed by atoms with Crippen LogP contribution in [0.4, 0.5) is 0 Å². The molecule has 0 aliphatic carbocycles. The Hall–Kier alpha value is -2.44. The summed E-state index contributed by atoms with van der Waals surface area (Å²) in [5.41, 5.74) is 1.78. The van der Waals surface area contributed by atoms with E-state index in [-0.39, 0.29) is 18.2 Å². The molecule has 0 aliphatic rings. The number of nitrogens with one attached hydrogen (secondary N) is 1. The second-order valence-electron chi connectivity index (χ2n) is 5.20. The van der Waals surface area contributed by atoms with Gasteiger partial charge >= 0.3 is 0 Å². The van der Waals surface area contributed by atoms with Gasteiger partial charge in [-0.15, -0.1) is 11.3 Å². The van der Waals surface area contributed by atoms with E-state index in [9.17, 15) is 9.90 Å². The molecule has 3 rings (SSSR count). The number of benzene rings is 1. The molecule has 0 spiro atoms. The van der Waals surface area contributed by atoms with Crippen LogP contribution in [0.1, 0.15) is 20.9 Å². The molecule has 0 bridgehead atoms. The quantitative estimate of drug-likeness (QED) is 0.742. The van der Waals surface area contributed by atoms with Gasteiger partial charge in [-0.25, -0.2) is 4.98 Å². The van der Waals surface area contributed by atoms with Crippen molar-refractivity contribution in [1.82, 2.24) is 15.3 Å². The van der Waals surface area contributed by atoms with Crippen LogP contribution in [0.5, 0.6) is 5.75 Å². The van der Waals surface area contributed by atoms with E-state index in [4.69, 9.17) is 11.6 Å². The van der Waals surface area contributed by atoms with Crippen molar-refractivity contribution in [3.05, 3.63) is 63.9 Å². The van der Waals surface area contributed by atoms with Gasteiger partial charge in [0.15, 0.2) is 0 Å². The van der Waals surface area contributed by atoms with Crippen LogP contribution in [0, 0.1) is 6.92 Å². The SMILES string of the molecule is Cc1cnc(-c2cc(O)cc(C(=O)NCc3ccc(Cl)cn3)c2)s1. The van der Waals surface area contributed by atoms with Crippen molar-refractivity contribution < 1.29 is 9.90 Å². The molecule has 7 heteroatoms. The summed E-state index contributed by atoms with van der Waals surface area (Å²) >= 11 is 7.29. The highest BCUT2D eigenvalue weighted by Crippen LogP contribution is 2.28. The zero-order valence-electron chi connectivity index (χ0n) is 12.8. The van der Waals surface area contributed by atoms with Crippen molar-refractivity contribution >= 4 is 28.8 Å².